The van der Waals surface area contributed by atoms with Crippen LogP contribution in [0.25, 0.3) is 0 Å². The number of nitrogens with one attached hydrogen (secondary N) is 1. The smallest absolute Gasteiger partial charge is 0.335 e. The molecule has 0 aliphatic heterocycles. The van der Waals surface area contributed by atoms with Crippen LogP contribution in [0.3, 0.4) is 0 Å². The Morgan fingerprint density at radius 3 is 2.37 bits per heavy atom. The second-order valence-corrected chi connectivity index (χ2v) is 5.13. The van der Waals surface area contributed by atoms with Gasteiger partial charge in [0.05, 0.1) is 5.56 Å². The van der Waals surface area contributed by atoms with Gasteiger partial charge in [-0.2, -0.15) is 0 Å². The Balaban J connectivity index is 2.27. The molecule has 1 aromatic carbocycles. The number of anilines is 1. The first-order valence-corrected chi connectivity index (χ1v) is 7.23. The third kappa shape index (κ3) is 6.27. The minimum Gasteiger partial charge on any atom is -0.478 e. The van der Waals surface area contributed by atoms with Gasteiger partial charge in [0.25, 0.3) is 0 Å². The summed E-state index contributed by atoms with van der Waals surface area (Å²) in [7, 11) is 0. The van der Waals surface area contributed by atoms with Crippen LogP contribution in [0.4, 0.5) is 5.69 Å². The molecule has 0 saturated carbocycles. The predicted octanol–water partition coefficient (Wildman–Crippen LogP) is 4.55. The van der Waals surface area contributed by atoms with Crippen molar-refractivity contribution in [3.05, 3.63) is 29.8 Å². The van der Waals surface area contributed by atoms with Gasteiger partial charge in [0.15, 0.2) is 0 Å². The Morgan fingerprint density at radius 2 is 1.79 bits per heavy atom. The number of rotatable bonds is 9. The lowest BCUT2D eigenvalue weighted by Crippen LogP contribution is -2.14. The van der Waals surface area contributed by atoms with E-state index in [1.807, 2.05) is 12.1 Å². The summed E-state index contributed by atoms with van der Waals surface area (Å²) in [6.45, 7) is 4.40. The lowest BCUT2D eigenvalue weighted by Gasteiger charge is -2.15. The maximum absolute atomic E-state index is 10.7. The van der Waals surface area contributed by atoms with E-state index in [0.29, 0.717) is 11.6 Å². The lowest BCUT2D eigenvalue weighted by molar-refractivity contribution is 0.0697. The first-order valence-electron chi connectivity index (χ1n) is 7.23. The SMILES string of the molecule is CCCCCCCC(C)Nc1ccc(C(=O)O)cc1. The van der Waals surface area contributed by atoms with Crippen LogP contribution in [-0.4, -0.2) is 17.1 Å². The Labute approximate surface area is 116 Å². The monoisotopic (exact) mass is 263 g/mol. The summed E-state index contributed by atoms with van der Waals surface area (Å²) in [5.74, 6) is -0.879. The van der Waals surface area contributed by atoms with Gasteiger partial charge in [0, 0.05) is 11.7 Å². The molecule has 0 aliphatic carbocycles. The normalized spacial score (nSPS) is 12.1. The van der Waals surface area contributed by atoms with E-state index in [-0.39, 0.29) is 0 Å². The van der Waals surface area contributed by atoms with E-state index in [2.05, 4.69) is 19.2 Å². The van der Waals surface area contributed by atoms with Crippen LogP contribution in [0.15, 0.2) is 24.3 Å². The first-order chi connectivity index (χ1) is 9.13. The van der Waals surface area contributed by atoms with Crippen molar-refractivity contribution in [1.82, 2.24) is 0 Å². The maximum atomic E-state index is 10.7. The molecule has 0 bridgehead atoms. The molecular weight excluding hydrogens is 238 g/mol. The summed E-state index contributed by atoms with van der Waals surface area (Å²) in [4.78, 5) is 10.7. The van der Waals surface area contributed by atoms with Gasteiger partial charge in [-0.1, -0.05) is 39.0 Å². The predicted molar refractivity (Wildman–Crippen MR) is 79.9 cm³/mol. The molecule has 1 unspecified atom stereocenters. The second kappa shape index (κ2) is 8.57. The van der Waals surface area contributed by atoms with Gasteiger partial charge in [-0.25, -0.2) is 4.79 Å². The molecule has 3 heteroatoms. The van der Waals surface area contributed by atoms with E-state index in [4.69, 9.17) is 5.11 Å². The molecular formula is C16H25NO2. The number of benzene rings is 1. The molecule has 0 aliphatic rings. The van der Waals surface area contributed by atoms with Crippen LogP contribution in [-0.2, 0) is 0 Å². The van der Waals surface area contributed by atoms with E-state index in [1.54, 1.807) is 12.1 Å². The quantitative estimate of drug-likeness (QED) is 0.643. The average molecular weight is 263 g/mol. The molecule has 1 atom stereocenters. The Morgan fingerprint density at radius 1 is 1.16 bits per heavy atom. The fourth-order valence-corrected chi connectivity index (χ4v) is 2.12. The molecule has 0 heterocycles. The highest BCUT2D eigenvalue weighted by atomic mass is 16.4. The zero-order valence-electron chi connectivity index (χ0n) is 12.0. The van der Waals surface area contributed by atoms with E-state index in [9.17, 15) is 4.79 Å². The van der Waals surface area contributed by atoms with Crippen molar-refractivity contribution >= 4 is 11.7 Å². The number of unbranched alkanes of at least 4 members (excludes halogenated alkanes) is 4. The number of carboxylic acid groups (broad SMARTS) is 1. The van der Waals surface area contributed by atoms with E-state index in [0.717, 1.165) is 12.1 Å². The summed E-state index contributed by atoms with van der Waals surface area (Å²) in [6.07, 6.45) is 7.66. The zero-order chi connectivity index (χ0) is 14.1. The van der Waals surface area contributed by atoms with Crippen LogP contribution >= 0.6 is 0 Å². The van der Waals surface area contributed by atoms with Crippen molar-refractivity contribution < 1.29 is 9.90 Å². The first kappa shape index (κ1) is 15.5. The molecule has 1 aromatic rings. The van der Waals surface area contributed by atoms with Crippen molar-refractivity contribution in [2.24, 2.45) is 0 Å². The van der Waals surface area contributed by atoms with Crippen molar-refractivity contribution in [1.29, 1.82) is 0 Å². The van der Waals surface area contributed by atoms with E-state index < -0.39 is 5.97 Å². The molecule has 0 fully saturated rings. The van der Waals surface area contributed by atoms with Gasteiger partial charge in [-0.3, -0.25) is 0 Å². The second-order valence-electron chi connectivity index (χ2n) is 5.13. The summed E-state index contributed by atoms with van der Waals surface area (Å²) < 4.78 is 0. The summed E-state index contributed by atoms with van der Waals surface area (Å²) >= 11 is 0. The number of carbonyl (C=O) groups is 1. The van der Waals surface area contributed by atoms with Gasteiger partial charge in [-0.05, 0) is 37.6 Å². The fourth-order valence-electron chi connectivity index (χ4n) is 2.12. The van der Waals surface area contributed by atoms with Gasteiger partial charge < -0.3 is 10.4 Å². The summed E-state index contributed by atoms with van der Waals surface area (Å²) in [5.41, 5.74) is 1.32. The molecule has 0 radical (unpaired) electrons. The molecule has 1 rings (SSSR count). The number of hydrogen-bond acceptors (Lipinski definition) is 2. The van der Waals surface area contributed by atoms with Gasteiger partial charge in [0.2, 0.25) is 0 Å². The van der Waals surface area contributed by atoms with E-state index >= 15 is 0 Å². The topological polar surface area (TPSA) is 49.3 Å². The lowest BCUT2D eigenvalue weighted by atomic mass is 10.1. The highest BCUT2D eigenvalue weighted by molar-refractivity contribution is 5.87. The van der Waals surface area contributed by atoms with Gasteiger partial charge in [0.1, 0.15) is 0 Å². The Kier molecular flexibility index (Phi) is 7.01. The zero-order valence-corrected chi connectivity index (χ0v) is 12.0. The molecule has 2 N–H and O–H groups in total. The van der Waals surface area contributed by atoms with Crippen molar-refractivity contribution in [3.63, 3.8) is 0 Å². The largest absolute Gasteiger partial charge is 0.478 e. The molecule has 0 amide bonds. The molecule has 0 spiro atoms. The molecule has 19 heavy (non-hydrogen) atoms. The number of hydrogen-bond donors (Lipinski definition) is 2. The van der Waals surface area contributed by atoms with Crippen LogP contribution < -0.4 is 5.32 Å². The Hall–Kier alpha value is -1.51. The summed E-state index contributed by atoms with van der Waals surface area (Å²) in [5, 5.41) is 12.2. The number of aromatic carboxylic acids is 1. The third-order valence-electron chi connectivity index (χ3n) is 3.29. The summed E-state index contributed by atoms with van der Waals surface area (Å²) in [6, 6.07) is 7.36. The van der Waals surface area contributed by atoms with Crippen LogP contribution in [0.1, 0.15) is 62.7 Å². The average Bonchev–Trinajstić information content (AvgIpc) is 2.39. The van der Waals surface area contributed by atoms with Gasteiger partial charge >= 0.3 is 5.97 Å². The highest BCUT2D eigenvalue weighted by Crippen LogP contribution is 2.14. The van der Waals surface area contributed by atoms with Crippen LogP contribution in [0.5, 0.6) is 0 Å². The van der Waals surface area contributed by atoms with E-state index in [1.165, 1.54) is 32.1 Å². The van der Waals surface area contributed by atoms with Gasteiger partial charge in [-0.15, -0.1) is 0 Å². The van der Waals surface area contributed by atoms with Crippen molar-refractivity contribution in [2.45, 2.75) is 58.4 Å². The van der Waals surface area contributed by atoms with Crippen LogP contribution in [0, 0.1) is 0 Å². The number of carboxylic acids is 1. The molecule has 0 aromatic heterocycles. The third-order valence-corrected chi connectivity index (χ3v) is 3.29. The maximum Gasteiger partial charge on any atom is 0.335 e. The minimum atomic E-state index is -0.879. The Bertz CT molecular complexity index is 373. The highest BCUT2D eigenvalue weighted by Gasteiger charge is 2.04. The van der Waals surface area contributed by atoms with Crippen molar-refractivity contribution in [2.75, 3.05) is 5.32 Å². The molecule has 0 saturated heterocycles. The standard InChI is InChI=1S/C16H25NO2/c1-3-4-5-6-7-8-13(2)17-15-11-9-14(10-12-15)16(18)19/h9-13,17H,3-8H2,1-2H3,(H,18,19). The molecule has 3 nitrogen and oxygen atoms in total. The van der Waals surface area contributed by atoms with Crippen LogP contribution in [0.2, 0.25) is 0 Å². The minimum absolute atomic E-state index is 0.331. The fraction of sp³-hybridized carbons (Fsp3) is 0.562. The molecule has 106 valence electrons. The van der Waals surface area contributed by atoms with Crippen molar-refractivity contribution in [3.8, 4) is 0 Å².